The van der Waals surface area contributed by atoms with Gasteiger partial charge in [0.2, 0.25) is 17.7 Å². The van der Waals surface area contributed by atoms with Gasteiger partial charge in [-0.2, -0.15) is 0 Å². The number of thiocarbonyl (C=S) groups is 1. The summed E-state index contributed by atoms with van der Waals surface area (Å²) in [6.07, 6.45) is 1.44. The molecule has 0 spiro atoms. The predicted molar refractivity (Wildman–Crippen MR) is 208 cm³/mol. The van der Waals surface area contributed by atoms with Gasteiger partial charge < -0.3 is 40.3 Å². The molecule has 4 N–H and O–H groups in total. The molecule has 1 fully saturated rings. The normalized spacial score (nSPS) is 19.2. The van der Waals surface area contributed by atoms with Gasteiger partial charge in [0.1, 0.15) is 12.1 Å². The number of likely N-dealkylation sites (N-methyl/N-ethyl adjacent to an activating group) is 2. The van der Waals surface area contributed by atoms with Gasteiger partial charge in [0.05, 0.1) is 41.7 Å². The summed E-state index contributed by atoms with van der Waals surface area (Å²) in [5, 5.41) is 19.0. The molecular formula is C39H65N5O7S. The number of nitrogens with one attached hydrogen (secondary N) is 3. The minimum Gasteiger partial charge on any atom is -0.480 e. The highest BCUT2D eigenvalue weighted by atomic mass is 32.1. The highest BCUT2D eigenvalue weighted by Crippen LogP contribution is 2.30. The van der Waals surface area contributed by atoms with Crippen LogP contribution in [0.3, 0.4) is 0 Å². The van der Waals surface area contributed by atoms with Gasteiger partial charge in [0.25, 0.3) is 0 Å². The van der Waals surface area contributed by atoms with Crippen LogP contribution in [0.1, 0.15) is 79.7 Å². The first-order valence-corrected chi connectivity index (χ1v) is 19.1. The van der Waals surface area contributed by atoms with Gasteiger partial charge in [0.15, 0.2) is 0 Å². The van der Waals surface area contributed by atoms with Crippen LogP contribution in [0.4, 0.5) is 0 Å². The first kappa shape index (κ1) is 45.0. The summed E-state index contributed by atoms with van der Waals surface area (Å²) in [7, 11) is 6.61. The van der Waals surface area contributed by atoms with Crippen molar-refractivity contribution in [1.29, 1.82) is 0 Å². The number of carbonyl (C=O) groups is 4. The Kier molecular flexibility index (Phi) is 18.7. The number of aliphatic carboxylic acids is 1. The highest BCUT2D eigenvalue weighted by Gasteiger charge is 2.42. The molecule has 12 nitrogen and oxygen atoms in total. The Hall–Kier alpha value is -3.13. The van der Waals surface area contributed by atoms with E-state index in [1.165, 1.54) is 0 Å². The molecule has 1 heterocycles. The van der Waals surface area contributed by atoms with Gasteiger partial charge in [-0.15, -0.1) is 0 Å². The third-order valence-corrected chi connectivity index (χ3v) is 11.1. The van der Waals surface area contributed by atoms with E-state index in [4.69, 9.17) is 21.7 Å². The summed E-state index contributed by atoms with van der Waals surface area (Å²) >= 11 is 5.74. The van der Waals surface area contributed by atoms with Gasteiger partial charge in [-0.05, 0) is 43.2 Å². The van der Waals surface area contributed by atoms with E-state index >= 15 is 0 Å². The SMILES string of the molecule is CC[C@H](C)[C@@H]([C@@H](CC(=O)N1CCCC1[C@H](OC)C(C)C(=S)NC(Cc1ccccc1)C(=O)O)OC)N(C)C(=O)[C@@H](NC(=O)[C@@H](NC)C(C)C)C(C)C. The molecule has 294 valence electrons. The van der Waals surface area contributed by atoms with E-state index < -0.39 is 42.3 Å². The van der Waals surface area contributed by atoms with E-state index in [2.05, 4.69) is 16.0 Å². The third kappa shape index (κ3) is 11.9. The summed E-state index contributed by atoms with van der Waals surface area (Å²) in [6.45, 7) is 14.2. The van der Waals surface area contributed by atoms with Crippen molar-refractivity contribution in [3.8, 4) is 0 Å². The molecule has 1 saturated heterocycles. The van der Waals surface area contributed by atoms with Crippen molar-refractivity contribution in [3.63, 3.8) is 0 Å². The number of amides is 3. The van der Waals surface area contributed by atoms with Crippen LogP contribution in [0.5, 0.6) is 0 Å². The summed E-state index contributed by atoms with van der Waals surface area (Å²) < 4.78 is 12.0. The maximum Gasteiger partial charge on any atom is 0.326 e. The topological polar surface area (TPSA) is 150 Å². The van der Waals surface area contributed by atoms with Crippen LogP contribution in [0.2, 0.25) is 0 Å². The smallest absolute Gasteiger partial charge is 0.326 e. The molecule has 0 saturated carbocycles. The fourth-order valence-electron chi connectivity index (χ4n) is 7.40. The number of rotatable bonds is 21. The van der Waals surface area contributed by atoms with Crippen LogP contribution in [0.15, 0.2) is 30.3 Å². The summed E-state index contributed by atoms with van der Waals surface area (Å²) in [6, 6.07) is 6.53. The number of carboxylic acid groups (broad SMARTS) is 1. The number of methoxy groups -OCH3 is 2. The largest absolute Gasteiger partial charge is 0.480 e. The maximum atomic E-state index is 14.2. The summed E-state index contributed by atoms with van der Waals surface area (Å²) in [4.78, 5) is 57.5. The van der Waals surface area contributed by atoms with E-state index in [1.807, 2.05) is 83.7 Å². The quantitative estimate of drug-likeness (QED) is 0.137. The van der Waals surface area contributed by atoms with Crippen molar-refractivity contribution in [2.24, 2.45) is 23.7 Å². The first-order chi connectivity index (χ1) is 24.5. The predicted octanol–water partition coefficient (Wildman–Crippen LogP) is 3.90. The van der Waals surface area contributed by atoms with Crippen molar-refractivity contribution in [2.75, 3.05) is 34.9 Å². The molecule has 52 heavy (non-hydrogen) atoms. The molecule has 9 atom stereocenters. The second-order valence-electron chi connectivity index (χ2n) is 14.9. The summed E-state index contributed by atoms with van der Waals surface area (Å²) in [5.74, 6) is -2.13. The Morgan fingerprint density at radius 2 is 1.60 bits per heavy atom. The highest BCUT2D eigenvalue weighted by molar-refractivity contribution is 7.80. The van der Waals surface area contributed by atoms with Crippen LogP contribution >= 0.6 is 12.2 Å². The van der Waals surface area contributed by atoms with E-state index in [0.29, 0.717) is 18.0 Å². The number of hydrogen-bond acceptors (Lipinski definition) is 8. The minimum absolute atomic E-state index is 0.0152. The molecular weight excluding hydrogens is 683 g/mol. The molecule has 1 aliphatic rings. The van der Waals surface area contributed by atoms with Crippen molar-refractivity contribution in [1.82, 2.24) is 25.8 Å². The molecule has 0 radical (unpaired) electrons. The number of likely N-dealkylation sites (tertiary alicyclic amines) is 1. The fraction of sp³-hybridized carbons (Fsp3) is 0.718. The number of hydrogen-bond donors (Lipinski definition) is 4. The molecule has 13 heteroatoms. The molecule has 3 unspecified atom stereocenters. The van der Waals surface area contributed by atoms with E-state index in [-0.39, 0.29) is 60.3 Å². The fourth-order valence-corrected chi connectivity index (χ4v) is 7.68. The lowest BCUT2D eigenvalue weighted by Crippen LogP contribution is -2.59. The molecule has 1 aromatic rings. The van der Waals surface area contributed by atoms with Gasteiger partial charge in [-0.25, -0.2) is 4.79 Å². The van der Waals surface area contributed by atoms with Crippen LogP contribution in [0, 0.1) is 23.7 Å². The number of carbonyl (C=O) groups excluding carboxylic acids is 3. The van der Waals surface area contributed by atoms with Crippen molar-refractivity contribution >= 4 is 40.9 Å². The van der Waals surface area contributed by atoms with Gasteiger partial charge in [0, 0.05) is 40.2 Å². The second kappa shape index (κ2) is 21.5. The van der Waals surface area contributed by atoms with Crippen molar-refractivity contribution < 1.29 is 33.8 Å². The number of ether oxygens (including phenoxy) is 2. The monoisotopic (exact) mass is 747 g/mol. The molecule has 1 aromatic carbocycles. The zero-order valence-electron chi connectivity index (χ0n) is 33.2. The van der Waals surface area contributed by atoms with Crippen molar-refractivity contribution in [3.05, 3.63) is 35.9 Å². The number of benzene rings is 1. The van der Waals surface area contributed by atoms with Crippen LogP contribution in [-0.4, -0.2) is 121 Å². The Morgan fingerprint density at radius 3 is 2.10 bits per heavy atom. The Labute approximate surface area is 317 Å². The average Bonchev–Trinajstić information content (AvgIpc) is 3.59. The Morgan fingerprint density at radius 1 is 0.981 bits per heavy atom. The van der Waals surface area contributed by atoms with E-state index in [0.717, 1.165) is 18.4 Å². The molecule has 1 aliphatic heterocycles. The standard InChI is InChI=1S/C39H65N5O7S/c1-12-25(6)34(43(9)38(47)33(24(4)5)42-36(46)32(40-8)23(2)3)30(50-10)22-31(45)44-20-16-19-29(44)35(51-11)26(7)37(52)41-28(39(48)49)21-27-17-14-13-15-18-27/h13-15,17-18,23-26,28-30,32-35,40H,12,16,19-22H2,1-11H3,(H,41,52)(H,42,46)(H,48,49)/t25-,26?,28?,29?,30+,32-,33-,34-,35+/m0/s1. The lowest BCUT2D eigenvalue weighted by Gasteiger charge is -2.41. The van der Waals surface area contributed by atoms with E-state index in [1.54, 1.807) is 33.2 Å². The Bertz CT molecular complexity index is 1310. The van der Waals surface area contributed by atoms with Crippen LogP contribution in [0.25, 0.3) is 0 Å². The average molecular weight is 748 g/mol. The Balaban J connectivity index is 2.26. The van der Waals surface area contributed by atoms with Gasteiger partial charge >= 0.3 is 5.97 Å². The zero-order chi connectivity index (χ0) is 39.3. The zero-order valence-corrected chi connectivity index (χ0v) is 34.0. The minimum atomic E-state index is -1.00. The third-order valence-electron chi connectivity index (χ3n) is 10.6. The molecule has 0 aliphatic carbocycles. The molecule has 0 aromatic heterocycles. The van der Waals surface area contributed by atoms with Crippen LogP contribution < -0.4 is 16.0 Å². The van der Waals surface area contributed by atoms with Crippen LogP contribution in [-0.2, 0) is 35.1 Å². The molecule has 3 amide bonds. The summed E-state index contributed by atoms with van der Waals surface area (Å²) in [5.41, 5.74) is 0.877. The van der Waals surface area contributed by atoms with Gasteiger partial charge in [-0.1, -0.05) is 97.4 Å². The second-order valence-corrected chi connectivity index (χ2v) is 15.4. The first-order valence-electron chi connectivity index (χ1n) is 18.7. The molecule has 2 rings (SSSR count). The molecule has 0 bridgehead atoms. The van der Waals surface area contributed by atoms with E-state index in [9.17, 15) is 24.3 Å². The van der Waals surface area contributed by atoms with Crippen molar-refractivity contribution in [2.45, 2.75) is 123 Å². The lowest BCUT2D eigenvalue weighted by molar-refractivity contribution is -0.147. The number of nitrogens with zero attached hydrogens (tertiary/aromatic N) is 2. The lowest BCUT2D eigenvalue weighted by atomic mass is 9.89. The maximum absolute atomic E-state index is 14.2. The van der Waals surface area contributed by atoms with Gasteiger partial charge in [-0.3, -0.25) is 14.4 Å². The number of carboxylic acids is 1.